The quantitative estimate of drug-likeness (QED) is 0.634. The van der Waals surface area contributed by atoms with E-state index in [0.29, 0.717) is 23.2 Å². The number of hydrogen-bond donors (Lipinski definition) is 1. The van der Waals surface area contributed by atoms with E-state index in [-0.39, 0.29) is 11.9 Å². The van der Waals surface area contributed by atoms with E-state index in [9.17, 15) is 4.79 Å². The van der Waals surface area contributed by atoms with Gasteiger partial charge in [-0.15, -0.1) is 11.8 Å². The van der Waals surface area contributed by atoms with Crippen molar-refractivity contribution in [1.82, 2.24) is 10.2 Å². The molecule has 2 atom stereocenters. The topological polar surface area (TPSA) is 41.6 Å². The molecule has 1 amide bonds. The van der Waals surface area contributed by atoms with Crippen LogP contribution in [0.1, 0.15) is 34.8 Å². The average molecular weight is 419 g/mol. The van der Waals surface area contributed by atoms with Crippen LogP contribution in [0, 0.1) is 0 Å². The predicted molar refractivity (Wildman–Crippen MR) is 116 cm³/mol. The lowest BCUT2D eigenvalue weighted by Gasteiger charge is -2.26. The van der Waals surface area contributed by atoms with Crippen molar-refractivity contribution in [3.63, 3.8) is 0 Å². The van der Waals surface area contributed by atoms with Crippen molar-refractivity contribution in [2.75, 3.05) is 33.0 Å². The molecule has 0 spiro atoms. The van der Waals surface area contributed by atoms with Crippen LogP contribution >= 0.6 is 23.4 Å². The zero-order valence-electron chi connectivity index (χ0n) is 16.4. The minimum atomic E-state index is -0.0608. The Bertz CT molecular complexity index is 794. The summed E-state index contributed by atoms with van der Waals surface area (Å²) in [5.41, 5.74) is 1.72. The molecular formula is C22H27ClN2O2S. The van der Waals surface area contributed by atoms with Crippen LogP contribution in [0.2, 0.25) is 5.02 Å². The standard InChI is InChI=1S/C22H27ClN2O2S/c1-25(2)20(17-9-3-5-11-19(17)23)14-24-22(26)18-10-4-6-12-21(18)28-15-16-8-7-13-27-16/h3-6,9-12,16,20H,7-8,13-15H2,1-2H3,(H,24,26)/t16-,20-/m0/s1. The summed E-state index contributed by atoms with van der Waals surface area (Å²) in [6, 6.07) is 15.5. The number of carbonyl (C=O) groups excluding carboxylic acids is 1. The zero-order chi connectivity index (χ0) is 19.9. The number of rotatable bonds is 8. The normalized spacial score (nSPS) is 17.6. The maximum Gasteiger partial charge on any atom is 0.252 e. The van der Waals surface area contributed by atoms with Gasteiger partial charge in [0.25, 0.3) is 5.91 Å². The Labute approximate surface area is 176 Å². The lowest BCUT2D eigenvalue weighted by molar-refractivity contribution is 0.0938. The maximum absolute atomic E-state index is 12.9. The minimum absolute atomic E-state index is 0.00403. The van der Waals surface area contributed by atoms with Crippen LogP contribution in [0.15, 0.2) is 53.4 Å². The minimum Gasteiger partial charge on any atom is -0.377 e. The highest BCUT2D eigenvalue weighted by molar-refractivity contribution is 7.99. The Morgan fingerprint density at radius 1 is 1.25 bits per heavy atom. The smallest absolute Gasteiger partial charge is 0.252 e. The van der Waals surface area contributed by atoms with Crippen molar-refractivity contribution in [3.05, 3.63) is 64.7 Å². The number of carbonyl (C=O) groups is 1. The van der Waals surface area contributed by atoms with Gasteiger partial charge in [0, 0.05) is 28.8 Å². The third-order valence-corrected chi connectivity index (χ3v) is 6.47. The Morgan fingerprint density at radius 3 is 2.71 bits per heavy atom. The lowest BCUT2D eigenvalue weighted by atomic mass is 10.1. The van der Waals surface area contributed by atoms with E-state index in [4.69, 9.17) is 16.3 Å². The van der Waals surface area contributed by atoms with Gasteiger partial charge in [-0.05, 0) is 50.7 Å². The fraction of sp³-hybridized carbons (Fsp3) is 0.409. The molecule has 0 saturated carbocycles. The van der Waals surface area contributed by atoms with Gasteiger partial charge in [-0.3, -0.25) is 4.79 Å². The largest absolute Gasteiger partial charge is 0.377 e. The molecule has 3 rings (SSSR count). The summed E-state index contributed by atoms with van der Waals surface area (Å²) in [4.78, 5) is 16.0. The molecule has 6 heteroatoms. The van der Waals surface area contributed by atoms with Crippen molar-refractivity contribution < 1.29 is 9.53 Å². The van der Waals surface area contributed by atoms with E-state index in [0.717, 1.165) is 35.7 Å². The molecule has 2 aromatic carbocycles. The number of thioether (sulfide) groups is 1. The molecule has 0 unspecified atom stereocenters. The first-order chi connectivity index (χ1) is 13.6. The first-order valence-corrected chi connectivity index (χ1v) is 10.9. The third-order valence-electron chi connectivity index (χ3n) is 4.92. The van der Waals surface area contributed by atoms with Crippen LogP contribution in [-0.2, 0) is 4.74 Å². The summed E-state index contributed by atoms with van der Waals surface area (Å²) in [7, 11) is 3.98. The first-order valence-electron chi connectivity index (χ1n) is 9.58. The van der Waals surface area contributed by atoms with Gasteiger partial charge in [0.15, 0.2) is 0 Å². The SMILES string of the molecule is CN(C)[C@@H](CNC(=O)c1ccccc1SC[C@@H]1CCCO1)c1ccccc1Cl. The van der Waals surface area contributed by atoms with E-state index in [1.165, 1.54) is 0 Å². The van der Waals surface area contributed by atoms with Crippen LogP contribution in [0.5, 0.6) is 0 Å². The number of ether oxygens (including phenoxy) is 1. The highest BCUT2D eigenvalue weighted by Gasteiger charge is 2.20. The van der Waals surface area contributed by atoms with Crippen LogP contribution in [0.3, 0.4) is 0 Å². The fourth-order valence-corrected chi connectivity index (χ4v) is 4.72. The Kier molecular flexibility index (Phi) is 7.80. The number of nitrogens with zero attached hydrogens (tertiary/aromatic N) is 1. The second-order valence-electron chi connectivity index (χ2n) is 7.15. The van der Waals surface area contributed by atoms with E-state index in [1.807, 2.05) is 62.6 Å². The third kappa shape index (κ3) is 5.51. The van der Waals surface area contributed by atoms with Crippen LogP contribution in [-0.4, -0.2) is 49.9 Å². The molecule has 2 aromatic rings. The molecule has 1 heterocycles. The number of benzene rings is 2. The molecule has 1 aliphatic heterocycles. The summed E-state index contributed by atoms with van der Waals surface area (Å²) in [5.74, 6) is 0.818. The van der Waals surface area contributed by atoms with Crippen molar-refractivity contribution in [2.45, 2.75) is 29.9 Å². The van der Waals surface area contributed by atoms with E-state index < -0.39 is 0 Å². The summed E-state index contributed by atoms with van der Waals surface area (Å²) < 4.78 is 5.70. The van der Waals surface area contributed by atoms with Gasteiger partial charge >= 0.3 is 0 Å². The highest BCUT2D eigenvalue weighted by atomic mass is 35.5. The van der Waals surface area contributed by atoms with Gasteiger partial charge < -0.3 is 15.0 Å². The highest BCUT2D eigenvalue weighted by Crippen LogP contribution is 2.28. The van der Waals surface area contributed by atoms with Crippen molar-refractivity contribution in [1.29, 1.82) is 0 Å². The summed E-state index contributed by atoms with van der Waals surface area (Å²) in [6.07, 6.45) is 2.52. The first kappa shape index (κ1) is 21.2. The Hall–Kier alpha value is -1.53. The molecule has 4 nitrogen and oxygen atoms in total. The summed E-state index contributed by atoms with van der Waals surface area (Å²) in [6.45, 7) is 1.33. The molecule has 1 N–H and O–H groups in total. The summed E-state index contributed by atoms with van der Waals surface area (Å²) >= 11 is 8.06. The molecule has 1 aliphatic rings. The number of nitrogens with one attached hydrogen (secondary N) is 1. The Morgan fingerprint density at radius 2 is 2.00 bits per heavy atom. The number of likely N-dealkylation sites (N-methyl/N-ethyl adjacent to an activating group) is 1. The van der Waals surface area contributed by atoms with Gasteiger partial charge in [-0.25, -0.2) is 0 Å². The number of hydrogen-bond acceptors (Lipinski definition) is 4. The van der Waals surface area contributed by atoms with Crippen LogP contribution < -0.4 is 5.32 Å². The van der Waals surface area contributed by atoms with Gasteiger partial charge in [-0.2, -0.15) is 0 Å². The second kappa shape index (κ2) is 10.3. The second-order valence-corrected chi connectivity index (χ2v) is 8.62. The van der Waals surface area contributed by atoms with Crippen LogP contribution in [0.25, 0.3) is 0 Å². The van der Waals surface area contributed by atoms with Gasteiger partial charge in [-0.1, -0.05) is 41.9 Å². The summed E-state index contributed by atoms with van der Waals surface area (Å²) in [5, 5.41) is 3.80. The van der Waals surface area contributed by atoms with E-state index in [2.05, 4.69) is 10.2 Å². The molecule has 1 fully saturated rings. The molecule has 0 bridgehead atoms. The predicted octanol–water partition coefficient (Wildman–Crippen LogP) is 4.64. The van der Waals surface area contributed by atoms with Crippen molar-refractivity contribution in [3.8, 4) is 0 Å². The Balaban J connectivity index is 1.66. The van der Waals surface area contributed by atoms with Gasteiger partial charge in [0.2, 0.25) is 0 Å². The number of halogens is 1. The van der Waals surface area contributed by atoms with Gasteiger partial charge in [0.1, 0.15) is 0 Å². The van der Waals surface area contributed by atoms with Gasteiger partial charge in [0.05, 0.1) is 17.7 Å². The molecule has 0 radical (unpaired) electrons. The molecule has 28 heavy (non-hydrogen) atoms. The fourth-order valence-electron chi connectivity index (χ4n) is 3.34. The molecule has 0 aromatic heterocycles. The maximum atomic E-state index is 12.9. The van der Waals surface area contributed by atoms with Crippen molar-refractivity contribution >= 4 is 29.3 Å². The lowest BCUT2D eigenvalue weighted by Crippen LogP contribution is -2.35. The molecule has 150 valence electrons. The van der Waals surface area contributed by atoms with Crippen LogP contribution in [0.4, 0.5) is 0 Å². The molecule has 0 aliphatic carbocycles. The molecular weight excluding hydrogens is 392 g/mol. The van der Waals surface area contributed by atoms with E-state index in [1.54, 1.807) is 11.8 Å². The average Bonchev–Trinajstić information content (AvgIpc) is 3.21. The zero-order valence-corrected chi connectivity index (χ0v) is 17.9. The monoisotopic (exact) mass is 418 g/mol. The molecule has 1 saturated heterocycles. The van der Waals surface area contributed by atoms with Crippen molar-refractivity contribution in [2.24, 2.45) is 0 Å². The van der Waals surface area contributed by atoms with E-state index >= 15 is 0 Å². The number of amides is 1.